The summed E-state index contributed by atoms with van der Waals surface area (Å²) in [5.41, 5.74) is 2.05. The minimum Gasteiger partial charge on any atom is -0.493 e. The highest BCUT2D eigenvalue weighted by molar-refractivity contribution is 5.85. The van der Waals surface area contributed by atoms with Crippen molar-refractivity contribution in [3.05, 3.63) is 23.3 Å². The number of amides is 1. The highest BCUT2D eigenvalue weighted by Crippen LogP contribution is 2.48. The first-order valence-electron chi connectivity index (χ1n) is 9.16. The number of carbonyl (C=O) groups is 2. The maximum atomic E-state index is 12.9. The Morgan fingerprint density at radius 2 is 1.85 bits per heavy atom. The summed E-state index contributed by atoms with van der Waals surface area (Å²) in [5, 5.41) is 0. The first kappa shape index (κ1) is 18.5. The van der Waals surface area contributed by atoms with Gasteiger partial charge in [0.1, 0.15) is 0 Å². The minimum atomic E-state index is -0.389. The molecule has 0 aromatic heterocycles. The third kappa shape index (κ3) is 2.81. The van der Waals surface area contributed by atoms with Crippen molar-refractivity contribution in [1.29, 1.82) is 0 Å². The number of benzene rings is 1. The number of nitrogens with zero attached hydrogens (tertiary/aromatic N) is 1. The number of hydrogen-bond acceptors (Lipinski definition) is 5. The van der Waals surface area contributed by atoms with E-state index >= 15 is 0 Å². The van der Waals surface area contributed by atoms with Gasteiger partial charge in [0.05, 0.1) is 32.8 Å². The van der Waals surface area contributed by atoms with Gasteiger partial charge < -0.3 is 19.1 Å². The normalized spacial score (nSPS) is 27.4. The second-order valence-electron chi connectivity index (χ2n) is 7.06. The van der Waals surface area contributed by atoms with Crippen molar-refractivity contribution in [3.63, 3.8) is 0 Å². The predicted molar refractivity (Wildman–Crippen MR) is 96.2 cm³/mol. The molecule has 2 heterocycles. The fraction of sp³-hybridized carbons (Fsp3) is 0.600. The lowest BCUT2D eigenvalue weighted by molar-refractivity contribution is -0.165. The Kier molecular flexibility index (Phi) is 5.12. The zero-order valence-electron chi connectivity index (χ0n) is 16.1. The number of methoxy groups -OCH3 is 2. The highest BCUT2D eigenvalue weighted by Gasteiger charge is 2.51. The number of esters is 1. The van der Waals surface area contributed by atoms with Crippen molar-refractivity contribution in [2.75, 3.05) is 27.4 Å². The molecule has 0 aliphatic carbocycles. The van der Waals surface area contributed by atoms with Gasteiger partial charge in [0.25, 0.3) is 0 Å². The van der Waals surface area contributed by atoms with Crippen molar-refractivity contribution in [2.24, 2.45) is 17.8 Å². The molecule has 6 heteroatoms. The molecule has 142 valence electrons. The van der Waals surface area contributed by atoms with E-state index in [1.165, 1.54) is 0 Å². The number of carbonyl (C=O) groups excluding carboxylic acids is 2. The Balaban J connectivity index is 2.13. The van der Waals surface area contributed by atoms with Gasteiger partial charge in [0.2, 0.25) is 5.91 Å². The molecular formula is C20H27NO5. The molecule has 1 amide bonds. The Hall–Kier alpha value is -2.24. The maximum absolute atomic E-state index is 12.9. The van der Waals surface area contributed by atoms with Crippen LogP contribution in [0, 0.1) is 17.8 Å². The van der Waals surface area contributed by atoms with Crippen LogP contribution in [0.1, 0.15) is 37.9 Å². The molecule has 4 atom stereocenters. The monoisotopic (exact) mass is 361 g/mol. The lowest BCUT2D eigenvalue weighted by Gasteiger charge is -2.49. The topological polar surface area (TPSA) is 65.1 Å². The second kappa shape index (κ2) is 7.17. The molecule has 1 aromatic carbocycles. The summed E-state index contributed by atoms with van der Waals surface area (Å²) in [6, 6.07) is 3.55. The lowest BCUT2D eigenvalue weighted by Crippen LogP contribution is -2.55. The smallest absolute Gasteiger partial charge is 0.311 e. The summed E-state index contributed by atoms with van der Waals surface area (Å²) in [4.78, 5) is 27.5. The summed E-state index contributed by atoms with van der Waals surface area (Å²) >= 11 is 0. The number of piperidine rings is 1. The van der Waals surface area contributed by atoms with Crippen LogP contribution < -0.4 is 9.47 Å². The number of hydrogen-bond donors (Lipinski definition) is 0. The molecule has 6 nitrogen and oxygen atoms in total. The largest absolute Gasteiger partial charge is 0.493 e. The van der Waals surface area contributed by atoms with Gasteiger partial charge in [0.15, 0.2) is 11.5 Å². The molecule has 3 rings (SSSR count). The SMILES string of the molecule is CCOC(=O)[C@H]1[C@@H](C)[C@@H](C)C(=O)N2CCc3cc(OC)c(OC)cc3[C@H]12. The Labute approximate surface area is 154 Å². The molecule has 0 bridgehead atoms. The van der Waals surface area contributed by atoms with E-state index in [1.807, 2.05) is 30.9 Å². The van der Waals surface area contributed by atoms with Crippen LogP contribution in [0.2, 0.25) is 0 Å². The van der Waals surface area contributed by atoms with E-state index < -0.39 is 0 Å². The van der Waals surface area contributed by atoms with Gasteiger partial charge in [-0.2, -0.15) is 0 Å². The van der Waals surface area contributed by atoms with Gasteiger partial charge in [-0.05, 0) is 42.5 Å². The van der Waals surface area contributed by atoms with E-state index in [2.05, 4.69) is 0 Å². The van der Waals surface area contributed by atoms with Crippen LogP contribution in [0.5, 0.6) is 11.5 Å². The van der Waals surface area contributed by atoms with E-state index in [-0.39, 0.29) is 35.7 Å². The summed E-state index contributed by atoms with van der Waals surface area (Å²) in [5.74, 6) is 0.440. The van der Waals surface area contributed by atoms with Gasteiger partial charge in [0, 0.05) is 12.5 Å². The van der Waals surface area contributed by atoms with Crippen LogP contribution in [-0.2, 0) is 20.7 Å². The molecule has 1 saturated heterocycles. The zero-order valence-corrected chi connectivity index (χ0v) is 16.1. The standard InChI is InChI=1S/C20H27NO5/c1-6-26-20(23)17-11(2)12(3)19(22)21-8-7-13-9-15(24-4)16(25-5)10-14(13)18(17)21/h9-12,17-18H,6-8H2,1-5H3/t11-,12+,17-,18+/m0/s1. The van der Waals surface area contributed by atoms with Crippen LogP contribution in [-0.4, -0.2) is 44.1 Å². The molecule has 1 aromatic rings. The van der Waals surface area contributed by atoms with E-state index in [1.54, 1.807) is 21.1 Å². The molecule has 0 radical (unpaired) electrons. The van der Waals surface area contributed by atoms with Gasteiger partial charge in [-0.3, -0.25) is 9.59 Å². The van der Waals surface area contributed by atoms with E-state index in [9.17, 15) is 9.59 Å². The Morgan fingerprint density at radius 1 is 1.19 bits per heavy atom. The molecule has 2 aliphatic heterocycles. The molecule has 1 fully saturated rings. The van der Waals surface area contributed by atoms with Crippen molar-refractivity contribution in [2.45, 2.75) is 33.2 Å². The first-order valence-corrected chi connectivity index (χ1v) is 9.16. The zero-order chi connectivity index (χ0) is 19.0. The fourth-order valence-corrected chi connectivity index (χ4v) is 4.28. The first-order chi connectivity index (χ1) is 12.4. The van der Waals surface area contributed by atoms with E-state index in [0.29, 0.717) is 24.7 Å². The van der Waals surface area contributed by atoms with Crippen LogP contribution in [0.4, 0.5) is 0 Å². The van der Waals surface area contributed by atoms with Crippen molar-refractivity contribution >= 4 is 11.9 Å². The van der Waals surface area contributed by atoms with E-state index in [4.69, 9.17) is 14.2 Å². The molecule has 26 heavy (non-hydrogen) atoms. The van der Waals surface area contributed by atoms with E-state index in [0.717, 1.165) is 17.5 Å². The Morgan fingerprint density at radius 3 is 2.46 bits per heavy atom. The molecule has 0 spiro atoms. The number of fused-ring (bicyclic) bond motifs is 3. The van der Waals surface area contributed by atoms with Gasteiger partial charge >= 0.3 is 5.97 Å². The third-order valence-corrected chi connectivity index (χ3v) is 5.85. The quantitative estimate of drug-likeness (QED) is 0.771. The van der Waals surface area contributed by atoms with Crippen LogP contribution in [0.3, 0.4) is 0 Å². The molecule has 2 aliphatic rings. The lowest BCUT2D eigenvalue weighted by atomic mass is 9.70. The third-order valence-electron chi connectivity index (χ3n) is 5.85. The Bertz CT molecular complexity index is 716. The molecule has 0 saturated carbocycles. The molecule has 0 unspecified atom stereocenters. The summed E-state index contributed by atoms with van der Waals surface area (Å²) in [7, 11) is 3.19. The molecular weight excluding hydrogens is 334 g/mol. The van der Waals surface area contributed by atoms with Crippen LogP contribution in [0.15, 0.2) is 12.1 Å². The van der Waals surface area contributed by atoms with Crippen LogP contribution in [0.25, 0.3) is 0 Å². The number of ether oxygens (including phenoxy) is 3. The van der Waals surface area contributed by atoms with Crippen LogP contribution >= 0.6 is 0 Å². The van der Waals surface area contributed by atoms with Gasteiger partial charge in [-0.1, -0.05) is 13.8 Å². The summed E-state index contributed by atoms with van der Waals surface area (Å²) < 4.78 is 16.2. The van der Waals surface area contributed by atoms with Crippen molar-refractivity contribution < 1.29 is 23.8 Å². The average molecular weight is 361 g/mol. The predicted octanol–water partition coefficient (Wildman–Crippen LogP) is 2.59. The van der Waals surface area contributed by atoms with Gasteiger partial charge in [-0.25, -0.2) is 0 Å². The summed E-state index contributed by atoms with van der Waals surface area (Å²) in [6.07, 6.45) is 0.731. The fourth-order valence-electron chi connectivity index (χ4n) is 4.28. The van der Waals surface area contributed by atoms with Crippen molar-refractivity contribution in [1.82, 2.24) is 4.90 Å². The maximum Gasteiger partial charge on any atom is 0.311 e. The molecule has 0 N–H and O–H groups in total. The minimum absolute atomic E-state index is 0.0955. The number of rotatable bonds is 4. The second-order valence-corrected chi connectivity index (χ2v) is 7.06. The van der Waals surface area contributed by atoms with Crippen molar-refractivity contribution in [3.8, 4) is 11.5 Å². The van der Waals surface area contributed by atoms with Gasteiger partial charge in [-0.15, -0.1) is 0 Å². The highest BCUT2D eigenvalue weighted by atomic mass is 16.5. The summed E-state index contributed by atoms with van der Waals surface area (Å²) in [6.45, 7) is 6.60. The average Bonchev–Trinajstić information content (AvgIpc) is 2.65.